The highest BCUT2D eigenvalue weighted by molar-refractivity contribution is 5.96. The second-order valence-electron chi connectivity index (χ2n) is 5.82. The van der Waals surface area contributed by atoms with Gasteiger partial charge in [-0.15, -0.1) is 0 Å². The summed E-state index contributed by atoms with van der Waals surface area (Å²) in [6.07, 6.45) is -4.91. The predicted octanol–water partition coefficient (Wildman–Crippen LogP) is 1.74. The molecule has 2 rings (SSSR count). The zero-order valence-corrected chi connectivity index (χ0v) is 14.7. The van der Waals surface area contributed by atoms with E-state index in [-0.39, 0.29) is 24.6 Å². The van der Waals surface area contributed by atoms with Crippen LogP contribution >= 0.6 is 0 Å². The van der Waals surface area contributed by atoms with Crippen LogP contribution in [0.4, 0.5) is 18.0 Å². The number of nitrogens with one attached hydrogen (secondary N) is 1. The van der Waals surface area contributed by atoms with Crippen LogP contribution in [-0.4, -0.2) is 67.0 Å². The van der Waals surface area contributed by atoms with E-state index in [1.165, 1.54) is 9.80 Å². The molecule has 1 aliphatic heterocycles. The van der Waals surface area contributed by atoms with Crippen molar-refractivity contribution in [2.75, 3.05) is 39.3 Å². The van der Waals surface area contributed by atoms with Crippen LogP contribution < -0.4 is 5.32 Å². The molecule has 148 valence electrons. The van der Waals surface area contributed by atoms with Crippen LogP contribution in [0.2, 0.25) is 0 Å². The summed E-state index contributed by atoms with van der Waals surface area (Å²) in [5, 5.41) is 2.39. The van der Waals surface area contributed by atoms with Crippen LogP contribution in [0.15, 0.2) is 24.3 Å². The van der Waals surface area contributed by atoms with Crippen LogP contribution in [0, 0.1) is 0 Å². The summed E-state index contributed by atoms with van der Waals surface area (Å²) in [7, 11) is 0. The molecule has 1 fully saturated rings. The summed E-state index contributed by atoms with van der Waals surface area (Å²) < 4.78 is 42.4. The van der Waals surface area contributed by atoms with Gasteiger partial charge in [0.2, 0.25) is 5.91 Å². The monoisotopic (exact) mass is 387 g/mol. The number of carbonyl (C=O) groups is 3. The van der Waals surface area contributed by atoms with Gasteiger partial charge in [-0.05, 0) is 31.2 Å². The molecule has 1 N–H and O–H groups in total. The molecule has 0 aromatic heterocycles. The van der Waals surface area contributed by atoms with Crippen LogP contribution in [0.5, 0.6) is 0 Å². The number of ether oxygens (including phenoxy) is 1. The van der Waals surface area contributed by atoms with Crippen LogP contribution in [-0.2, 0) is 15.7 Å². The van der Waals surface area contributed by atoms with Gasteiger partial charge in [-0.25, -0.2) is 4.79 Å². The van der Waals surface area contributed by atoms with Crippen molar-refractivity contribution in [1.82, 2.24) is 15.1 Å². The molecular formula is C17H20F3N3O4. The lowest BCUT2D eigenvalue weighted by molar-refractivity contribution is -0.137. The first kappa shape index (κ1) is 20.5. The smallest absolute Gasteiger partial charge is 0.416 e. The van der Waals surface area contributed by atoms with Crippen molar-refractivity contribution in [1.29, 1.82) is 0 Å². The lowest BCUT2D eigenvalue weighted by atomic mass is 10.1. The molecule has 10 heteroatoms. The Hall–Kier alpha value is -2.78. The molecule has 27 heavy (non-hydrogen) atoms. The first-order chi connectivity index (χ1) is 12.7. The van der Waals surface area contributed by atoms with Crippen molar-refractivity contribution < 1.29 is 32.3 Å². The maximum absolute atomic E-state index is 12.5. The highest BCUT2D eigenvalue weighted by Gasteiger charge is 2.30. The standard InChI is InChI=1S/C17H20F3N3O4/c1-2-27-16(26)23-9-7-22(8-10-23)14(24)11-21-15(25)12-3-5-13(6-4-12)17(18,19)20/h3-6H,2,7-11H2,1H3,(H,21,25). The minimum atomic E-state index is -4.48. The Morgan fingerprint density at radius 1 is 1.04 bits per heavy atom. The molecule has 1 aromatic carbocycles. The molecule has 0 atom stereocenters. The van der Waals surface area contributed by atoms with E-state index in [9.17, 15) is 27.6 Å². The summed E-state index contributed by atoms with van der Waals surface area (Å²) in [6.45, 7) is 2.99. The molecule has 7 nitrogen and oxygen atoms in total. The van der Waals surface area contributed by atoms with Crippen molar-refractivity contribution in [3.8, 4) is 0 Å². The largest absolute Gasteiger partial charge is 0.450 e. The number of hydrogen-bond acceptors (Lipinski definition) is 4. The van der Waals surface area contributed by atoms with E-state index in [0.717, 1.165) is 24.3 Å². The molecule has 1 saturated heterocycles. The number of nitrogens with zero attached hydrogens (tertiary/aromatic N) is 2. The van der Waals surface area contributed by atoms with Crippen molar-refractivity contribution in [3.63, 3.8) is 0 Å². The highest BCUT2D eigenvalue weighted by atomic mass is 19.4. The number of piperazine rings is 1. The van der Waals surface area contributed by atoms with E-state index in [1.807, 2.05) is 0 Å². The zero-order valence-electron chi connectivity index (χ0n) is 14.7. The third-order valence-electron chi connectivity index (χ3n) is 4.03. The number of benzene rings is 1. The zero-order chi connectivity index (χ0) is 20.0. The van der Waals surface area contributed by atoms with Gasteiger partial charge in [0.15, 0.2) is 0 Å². The minimum Gasteiger partial charge on any atom is -0.450 e. The Morgan fingerprint density at radius 3 is 2.11 bits per heavy atom. The Bertz CT molecular complexity index is 684. The first-order valence-electron chi connectivity index (χ1n) is 8.37. The molecule has 0 aliphatic carbocycles. The molecule has 3 amide bonds. The maximum Gasteiger partial charge on any atom is 0.416 e. The maximum atomic E-state index is 12.5. The number of halogens is 3. The fraction of sp³-hybridized carbons (Fsp3) is 0.471. The highest BCUT2D eigenvalue weighted by Crippen LogP contribution is 2.29. The second kappa shape index (κ2) is 8.74. The van der Waals surface area contributed by atoms with Gasteiger partial charge in [-0.2, -0.15) is 13.2 Å². The average molecular weight is 387 g/mol. The van der Waals surface area contributed by atoms with Gasteiger partial charge in [0.05, 0.1) is 18.7 Å². The lowest BCUT2D eigenvalue weighted by Gasteiger charge is -2.34. The van der Waals surface area contributed by atoms with Gasteiger partial charge in [0, 0.05) is 31.7 Å². The van der Waals surface area contributed by atoms with Crippen LogP contribution in [0.1, 0.15) is 22.8 Å². The van der Waals surface area contributed by atoms with E-state index in [1.54, 1.807) is 6.92 Å². The minimum absolute atomic E-state index is 0.0305. The normalized spacial score (nSPS) is 14.7. The predicted molar refractivity (Wildman–Crippen MR) is 89.0 cm³/mol. The van der Waals surface area contributed by atoms with Crippen molar-refractivity contribution in [2.45, 2.75) is 13.1 Å². The van der Waals surface area contributed by atoms with E-state index in [0.29, 0.717) is 26.2 Å². The molecule has 0 bridgehead atoms. The van der Waals surface area contributed by atoms with Gasteiger partial charge in [-0.3, -0.25) is 9.59 Å². The van der Waals surface area contributed by atoms with E-state index < -0.39 is 23.7 Å². The number of rotatable bonds is 4. The SMILES string of the molecule is CCOC(=O)N1CCN(C(=O)CNC(=O)c2ccc(C(F)(F)F)cc2)CC1. The molecular weight excluding hydrogens is 367 g/mol. The molecule has 1 heterocycles. The summed E-state index contributed by atoms with van der Waals surface area (Å²) in [4.78, 5) is 38.7. The van der Waals surface area contributed by atoms with Crippen molar-refractivity contribution >= 4 is 17.9 Å². The molecule has 0 unspecified atom stereocenters. The van der Waals surface area contributed by atoms with E-state index in [2.05, 4.69) is 5.32 Å². The molecule has 1 aromatic rings. The fourth-order valence-corrected chi connectivity index (χ4v) is 2.53. The average Bonchev–Trinajstić information content (AvgIpc) is 2.65. The number of amides is 3. The van der Waals surface area contributed by atoms with Gasteiger partial charge >= 0.3 is 12.3 Å². The first-order valence-corrected chi connectivity index (χ1v) is 8.37. The lowest BCUT2D eigenvalue weighted by Crippen LogP contribution is -2.52. The number of carbonyl (C=O) groups excluding carboxylic acids is 3. The quantitative estimate of drug-likeness (QED) is 0.854. The number of alkyl halides is 3. The third kappa shape index (κ3) is 5.60. The van der Waals surface area contributed by atoms with Crippen LogP contribution in [0.3, 0.4) is 0 Å². The summed E-state index contributed by atoms with van der Waals surface area (Å²) >= 11 is 0. The van der Waals surface area contributed by atoms with Crippen LogP contribution in [0.25, 0.3) is 0 Å². The van der Waals surface area contributed by atoms with Crippen molar-refractivity contribution in [3.05, 3.63) is 35.4 Å². The summed E-state index contributed by atoms with van der Waals surface area (Å²) in [5.41, 5.74) is -0.822. The Morgan fingerprint density at radius 2 is 1.59 bits per heavy atom. The van der Waals surface area contributed by atoms with E-state index >= 15 is 0 Å². The molecule has 0 saturated carbocycles. The molecule has 0 radical (unpaired) electrons. The molecule has 1 aliphatic rings. The fourth-order valence-electron chi connectivity index (χ4n) is 2.53. The Balaban J connectivity index is 1.80. The second-order valence-corrected chi connectivity index (χ2v) is 5.82. The van der Waals surface area contributed by atoms with Gasteiger partial charge in [0.25, 0.3) is 5.91 Å². The molecule has 0 spiro atoms. The number of hydrogen-bond donors (Lipinski definition) is 1. The Kier molecular flexibility index (Phi) is 6.65. The summed E-state index contributed by atoms with van der Waals surface area (Å²) in [5.74, 6) is -0.971. The van der Waals surface area contributed by atoms with Crippen molar-refractivity contribution in [2.24, 2.45) is 0 Å². The van der Waals surface area contributed by atoms with Gasteiger partial charge < -0.3 is 19.9 Å². The van der Waals surface area contributed by atoms with E-state index in [4.69, 9.17) is 4.74 Å². The summed E-state index contributed by atoms with van der Waals surface area (Å²) in [6, 6.07) is 3.73. The topological polar surface area (TPSA) is 79.0 Å². The Labute approximate surface area is 154 Å². The van der Waals surface area contributed by atoms with Gasteiger partial charge in [-0.1, -0.05) is 0 Å². The van der Waals surface area contributed by atoms with Gasteiger partial charge in [0.1, 0.15) is 0 Å². The third-order valence-corrected chi connectivity index (χ3v) is 4.03.